The molecule has 0 saturated heterocycles. The number of rotatable bonds is 2. The number of amides is 2. The molecule has 122 valence electrons. The Morgan fingerprint density at radius 1 is 1.18 bits per heavy atom. The Balaban J connectivity index is 1.97. The van der Waals surface area contributed by atoms with Gasteiger partial charge in [-0.25, -0.2) is 9.18 Å². The number of aliphatic hydroxyl groups is 1. The summed E-state index contributed by atoms with van der Waals surface area (Å²) in [6.07, 6.45) is -2.85. The number of alkyl halides is 3. The van der Waals surface area contributed by atoms with Gasteiger partial charge in [0.05, 0.1) is 11.7 Å². The van der Waals surface area contributed by atoms with E-state index in [-0.39, 0.29) is 17.8 Å². The molecule has 1 aromatic rings. The Labute approximate surface area is 124 Å². The van der Waals surface area contributed by atoms with E-state index < -0.39 is 23.6 Å². The van der Waals surface area contributed by atoms with Crippen molar-refractivity contribution in [1.29, 1.82) is 0 Å². The van der Waals surface area contributed by atoms with Crippen molar-refractivity contribution >= 4 is 11.7 Å². The zero-order valence-electron chi connectivity index (χ0n) is 11.6. The molecule has 1 aliphatic rings. The van der Waals surface area contributed by atoms with Gasteiger partial charge in [0.25, 0.3) is 0 Å². The van der Waals surface area contributed by atoms with E-state index in [0.29, 0.717) is 37.8 Å². The van der Waals surface area contributed by atoms with Crippen LogP contribution in [0.25, 0.3) is 0 Å². The van der Waals surface area contributed by atoms with Crippen molar-refractivity contribution in [2.24, 2.45) is 0 Å². The van der Waals surface area contributed by atoms with Crippen molar-refractivity contribution in [2.75, 3.05) is 5.32 Å². The van der Waals surface area contributed by atoms with E-state index in [1.54, 1.807) is 0 Å². The Bertz CT molecular complexity index is 540. The first-order chi connectivity index (χ1) is 10.3. The molecule has 1 aliphatic carbocycles. The normalized spacial score (nSPS) is 22.2. The summed E-state index contributed by atoms with van der Waals surface area (Å²) in [7, 11) is 0. The molecule has 1 fully saturated rings. The summed E-state index contributed by atoms with van der Waals surface area (Å²) in [5.41, 5.74) is -1.56. The van der Waals surface area contributed by atoms with Gasteiger partial charge < -0.3 is 15.7 Å². The molecule has 4 nitrogen and oxygen atoms in total. The molecular weight excluding hydrogens is 304 g/mol. The molecular formula is C14H16F4N2O2. The largest absolute Gasteiger partial charge is 0.419 e. The maximum Gasteiger partial charge on any atom is 0.419 e. The monoisotopic (exact) mass is 320 g/mol. The first-order valence-electron chi connectivity index (χ1n) is 6.88. The fraction of sp³-hybridized carbons (Fsp3) is 0.500. The van der Waals surface area contributed by atoms with Gasteiger partial charge in [0, 0.05) is 11.7 Å². The molecule has 0 atom stereocenters. The summed E-state index contributed by atoms with van der Waals surface area (Å²) in [5.74, 6) is -1.39. The third-order valence-electron chi connectivity index (χ3n) is 3.56. The number of halogens is 4. The summed E-state index contributed by atoms with van der Waals surface area (Å²) < 4.78 is 50.9. The van der Waals surface area contributed by atoms with Crippen LogP contribution in [0, 0.1) is 5.82 Å². The second-order valence-electron chi connectivity index (χ2n) is 5.30. The number of hydrogen-bond donors (Lipinski definition) is 3. The van der Waals surface area contributed by atoms with Crippen molar-refractivity contribution < 1.29 is 27.5 Å². The average Bonchev–Trinajstić information content (AvgIpc) is 2.42. The van der Waals surface area contributed by atoms with Crippen molar-refractivity contribution in [3.8, 4) is 0 Å². The third kappa shape index (κ3) is 4.33. The zero-order chi connectivity index (χ0) is 16.3. The summed E-state index contributed by atoms with van der Waals surface area (Å²) in [5, 5.41) is 14.2. The van der Waals surface area contributed by atoms with Gasteiger partial charge in [-0.3, -0.25) is 0 Å². The number of carbonyl (C=O) groups is 1. The highest BCUT2D eigenvalue weighted by Gasteiger charge is 2.34. The molecule has 3 N–H and O–H groups in total. The molecule has 0 aromatic heterocycles. The first-order valence-corrected chi connectivity index (χ1v) is 6.88. The fourth-order valence-electron chi connectivity index (χ4n) is 2.39. The molecule has 0 radical (unpaired) electrons. The molecule has 1 saturated carbocycles. The summed E-state index contributed by atoms with van der Waals surface area (Å²) in [4.78, 5) is 11.7. The summed E-state index contributed by atoms with van der Waals surface area (Å²) in [6, 6.07) is 1.50. The standard InChI is InChI=1S/C14H16F4N2O2/c15-12-6-3-9(7-11(12)14(16,17)18)20-13(22)19-8-1-4-10(21)5-2-8/h3,6-8,10,21H,1-2,4-5H2,(H2,19,20,22). The quantitative estimate of drug-likeness (QED) is 0.733. The maximum atomic E-state index is 13.1. The van der Waals surface area contributed by atoms with Gasteiger partial charge in [-0.05, 0) is 43.9 Å². The number of anilines is 1. The van der Waals surface area contributed by atoms with Gasteiger partial charge in [0.15, 0.2) is 0 Å². The molecule has 8 heteroatoms. The van der Waals surface area contributed by atoms with Crippen molar-refractivity contribution in [2.45, 2.75) is 44.0 Å². The number of benzene rings is 1. The summed E-state index contributed by atoms with van der Waals surface area (Å²) >= 11 is 0. The Morgan fingerprint density at radius 2 is 1.82 bits per heavy atom. The average molecular weight is 320 g/mol. The lowest BCUT2D eigenvalue weighted by Crippen LogP contribution is -2.40. The number of hydrogen-bond acceptors (Lipinski definition) is 2. The van der Waals surface area contributed by atoms with E-state index in [0.717, 1.165) is 6.07 Å². The van der Waals surface area contributed by atoms with Gasteiger partial charge in [-0.15, -0.1) is 0 Å². The number of carbonyl (C=O) groups excluding carboxylic acids is 1. The lowest BCUT2D eigenvalue weighted by molar-refractivity contribution is -0.139. The van der Waals surface area contributed by atoms with Crippen LogP contribution in [0.5, 0.6) is 0 Å². The van der Waals surface area contributed by atoms with E-state index in [4.69, 9.17) is 0 Å². The molecule has 0 aliphatic heterocycles. The van der Waals surface area contributed by atoms with Crippen LogP contribution in [0.1, 0.15) is 31.2 Å². The van der Waals surface area contributed by atoms with Crippen LogP contribution in [-0.2, 0) is 6.18 Å². The lowest BCUT2D eigenvalue weighted by Gasteiger charge is -2.26. The van der Waals surface area contributed by atoms with Crippen molar-refractivity contribution in [1.82, 2.24) is 5.32 Å². The second-order valence-corrected chi connectivity index (χ2v) is 5.30. The third-order valence-corrected chi connectivity index (χ3v) is 3.56. The number of nitrogens with one attached hydrogen (secondary N) is 2. The van der Waals surface area contributed by atoms with Crippen LogP contribution >= 0.6 is 0 Å². The predicted octanol–water partition coefficient (Wildman–Crippen LogP) is 3.27. The van der Waals surface area contributed by atoms with Crippen LogP contribution in [-0.4, -0.2) is 23.3 Å². The Kier molecular flexibility index (Phi) is 4.90. The van der Waals surface area contributed by atoms with Crippen LogP contribution in [0.4, 0.5) is 28.0 Å². The van der Waals surface area contributed by atoms with Crippen LogP contribution in [0.15, 0.2) is 18.2 Å². The van der Waals surface area contributed by atoms with E-state index in [1.165, 1.54) is 0 Å². The molecule has 2 amide bonds. The van der Waals surface area contributed by atoms with Gasteiger partial charge in [-0.2, -0.15) is 13.2 Å². The van der Waals surface area contributed by atoms with Gasteiger partial charge in [-0.1, -0.05) is 0 Å². The second kappa shape index (κ2) is 6.51. The molecule has 0 unspecified atom stereocenters. The fourth-order valence-corrected chi connectivity index (χ4v) is 2.39. The van der Waals surface area contributed by atoms with Crippen molar-refractivity contribution in [3.05, 3.63) is 29.6 Å². The number of urea groups is 1. The van der Waals surface area contributed by atoms with Crippen molar-refractivity contribution in [3.63, 3.8) is 0 Å². The molecule has 2 rings (SSSR count). The number of aliphatic hydroxyl groups excluding tert-OH is 1. The minimum atomic E-state index is -4.82. The Hall–Kier alpha value is -1.83. The first kappa shape index (κ1) is 16.5. The molecule has 0 bridgehead atoms. The molecule has 1 aromatic carbocycles. The lowest BCUT2D eigenvalue weighted by atomic mass is 9.93. The van der Waals surface area contributed by atoms with Gasteiger partial charge >= 0.3 is 12.2 Å². The van der Waals surface area contributed by atoms with Crippen LogP contribution in [0.3, 0.4) is 0 Å². The topological polar surface area (TPSA) is 61.4 Å². The van der Waals surface area contributed by atoms with Gasteiger partial charge in [0.2, 0.25) is 0 Å². The zero-order valence-corrected chi connectivity index (χ0v) is 11.6. The molecule has 22 heavy (non-hydrogen) atoms. The minimum absolute atomic E-state index is 0.133. The van der Waals surface area contributed by atoms with Crippen LogP contribution in [0.2, 0.25) is 0 Å². The molecule has 0 heterocycles. The minimum Gasteiger partial charge on any atom is -0.393 e. The van der Waals surface area contributed by atoms with E-state index in [2.05, 4.69) is 10.6 Å². The van der Waals surface area contributed by atoms with Crippen LogP contribution < -0.4 is 10.6 Å². The molecule has 0 spiro atoms. The highest BCUT2D eigenvalue weighted by atomic mass is 19.4. The van der Waals surface area contributed by atoms with Gasteiger partial charge in [0.1, 0.15) is 5.82 Å². The highest BCUT2D eigenvalue weighted by molar-refractivity contribution is 5.89. The SMILES string of the molecule is O=C(Nc1ccc(F)c(C(F)(F)F)c1)NC1CCC(O)CC1. The highest BCUT2D eigenvalue weighted by Crippen LogP contribution is 2.33. The van der Waals surface area contributed by atoms with E-state index >= 15 is 0 Å². The summed E-state index contributed by atoms with van der Waals surface area (Å²) in [6.45, 7) is 0. The Morgan fingerprint density at radius 3 is 2.41 bits per heavy atom. The van der Waals surface area contributed by atoms with E-state index in [1.807, 2.05) is 0 Å². The maximum absolute atomic E-state index is 13.1. The predicted molar refractivity (Wildman–Crippen MR) is 71.8 cm³/mol. The van der Waals surface area contributed by atoms with E-state index in [9.17, 15) is 27.5 Å². The smallest absolute Gasteiger partial charge is 0.393 e.